The molecule has 7 nitrogen and oxygen atoms in total. The van der Waals surface area contributed by atoms with Crippen LogP contribution in [0.2, 0.25) is 0 Å². The van der Waals surface area contributed by atoms with Gasteiger partial charge in [-0.25, -0.2) is 9.67 Å². The fourth-order valence-corrected chi connectivity index (χ4v) is 4.41. The zero-order valence-electron chi connectivity index (χ0n) is 17.6. The molecule has 0 saturated heterocycles. The number of aryl methyl sites for hydroxylation is 1. The van der Waals surface area contributed by atoms with Crippen molar-refractivity contribution in [3.63, 3.8) is 0 Å². The number of nitrogens with zero attached hydrogens (tertiary/aromatic N) is 4. The van der Waals surface area contributed by atoms with Crippen LogP contribution < -0.4 is 10.3 Å². The first-order chi connectivity index (χ1) is 13.7. The van der Waals surface area contributed by atoms with E-state index in [4.69, 9.17) is 4.74 Å². The van der Waals surface area contributed by atoms with Crippen molar-refractivity contribution in [2.24, 2.45) is 0 Å². The maximum atomic E-state index is 13.0. The molecule has 3 aromatic rings. The van der Waals surface area contributed by atoms with Gasteiger partial charge >= 0.3 is 0 Å². The number of ether oxygens (including phenoxy) is 1. The van der Waals surface area contributed by atoms with Crippen LogP contribution in [0.4, 0.5) is 0 Å². The summed E-state index contributed by atoms with van der Waals surface area (Å²) in [5.41, 5.74) is 1.48. The third-order valence-corrected chi connectivity index (χ3v) is 5.63. The number of thiazole rings is 1. The first kappa shape index (κ1) is 21.0. The predicted octanol–water partition coefficient (Wildman–Crippen LogP) is 3.48. The van der Waals surface area contributed by atoms with Crippen molar-refractivity contribution in [2.45, 2.75) is 53.2 Å². The molecule has 0 aliphatic heterocycles. The molecule has 3 rings (SSSR count). The van der Waals surface area contributed by atoms with E-state index in [1.165, 1.54) is 16.0 Å². The van der Waals surface area contributed by atoms with Crippen molar-refractivity contribution in [1.29, 1.82) is 0 Å². The van der Waals surface area contributed by atoms with Gasteiger partial charge in [0.05, 0.1) is 16.8 Å². The van der Waals surface area contributed by atoms with Crippen molar-refractivity contribution in [1.82, 2.24) is 19.7 Å². The van der Waals surface area contributed by atoms with E-state index in [-0.39, 0.29) is 30.1 Å². The van der Waals surface area contributed by atoms with Crippen LogP contribution in [0.3, 0.4) is 0 Å². The highest BCUT2D eigenvalue weighted by Crippen LogP contribution is 2.30. The lowest BCUT2D eigenvalue weighted by molar-refractivity contribution is -0.135. The lowest BCUT2D eigenvalue weighted by Gasteiger charge is -2.30. The molecule has 0 bridgehead atoms. The summed E-state index contributed by atoms with van der Waals surface area (Å²) in [4.78, 5) is 32.1. The van der Waals surface area contributed by atoms with E-state index < -0.39 is 0 Å². The van der Waals surface area contributed by atoms with Crippen molar-refractivity contribution in [3.8, 4) is 17.0 Å². The number of benzene rings is 1. The Labute approximate surface area is 173 Å². The molecule has 0 fully saturated rings. The van der Waals surface area contributed by atoms with Crippen LogP contribution in [0.15, 0.2) is 29.1 Å². The van der Waals surface area contributed by atoms with Crippen molar-refractivity contribution in [3.05, 3.63) is 39.6 Å². The van der Waals surface area contributed by atoms with Gasteiger partial charge in [0.25, 0.3) is 5.56 Å². The molecule has 8 heteroatoms. The van der Waals surface area contributed by atoms with Gasteiger partial charge in [0.15, 0.2) is 5.52 Å². The van der Waals surface area contributed by atoms with Crippen LogP contribution in [0, 0.1) is 6.92 Å². The average molecular weight is 415 g/mol. The standard InChI is InChI=1S/C21H26N4O3S/c1-12(2)25(13(3)4)17(26)11-24-21(27)19-20(29-14(5)22-19)18(23-24)15-7-9-16(28-6)10-8-15/h7-10,12-13H,11H2,1-6H3. The zero-order chi connectivity index (χ0) is 21.3. The smallest absolute Gasteiger partial charge is 0.294 e. The van der Waals surface area contributed by atoms with Crippen molar-refractivity contribution >= 4 is 27.5 Å². The molecular formula is C21H26N4O3S. The molecule has 2 heterocycles. The minimum atomic E-state index is -0.345. The van der Waals surface area contributed by atoms with Gasteiger partial charge in [0.2, 0.25) is 5.91 Å². The minimum absolute atomic E-state index is 0.0320. The Kier molecular flexibility index (Phi) is 6.02. The van der Waals surface area contributed by atoms with Crippen LogP contribution in [-0.4, -0.2) is 44.8 Å². The SMILES string of the molecule is COc1ccc(-c2nn(CC(=O)N(C(C)C)C(C)C)c(=O)c3nc(C)sc23)cc1. The lowest BCUT2D eigenvalue weighted by Crippen LogP contribution is -2.45. The van der Waals surface area contributed by atoms with Gasteiger partial charge in [-0.1, -0.05) is 0 Å². The predicted molar refractivity (Wildman–Crippen MR) is 116 cm³/mol. The van der Waals surface area contributed by atoms with E-state index in [0.29, 0.717) is 11.2 Å². The third kappa shape index (κ3) is 4.17. The fraction of sp³-hybridized carbons (Fsp3) is 0.429. The normalized spacial score (nSPS) is 11.4. The fourth-order valence-electron chi connectivity index (χ4n) is 3.49. The molecule has 0 saturated carbocycles. The summed E-state index contributed by atoms with van der Waals surface area (Å²) in [6.45, 7) is 9.59. The van der Waals surface area contributed by atoms with E-state index in [9.17, 15) is 9.59 Å². The van der Waals surface area contributed by atoms with E-state index in [1.807, 2.05) is 58.9 Å². The van der Waals surface area contributed by atoms with E-state index in [2.05, 4.69) is 10.1 Å². The maximum Gasteiger partial charge on any atom is 0.294 e. The molecule has 154 valence electrons. The molecule has 0 unspecified atom stereocenters. The van der Waals surface area contributed by atoms with Crippen LogP contribution in [-0.2, 0) is 11.3 Å². The minimum Gasteiger partial charge on any atom is -0.497 e. The largest absolute Gasteiger partial charge is 0.497 e. The average Bonchev–Trinajstić information content (AvgIpc) is 3.05. The molecule has 1 aromatic carbocycles. The molecule has 0 aliphatic carbocycles. The Morgan fingerprint density at radius 1 is 1.17 bits per heavy atom. The Balaban J connectivity index is 2.12. The monoisotopic (exact) mass is 414 g/mol. The van der Waals surface area contributed by atoms with Crippen LogP contribution >= 0.6 is 11.3 Å². The quantitative estimate of drug-likeness (QED) is 0.617. The van der Waals surface area contributed by atoms with Gasteiger partial charge < -0.3 is 9.64 Å². The first-order valence-corrected chi connectivity index (χ1v) is 10.4. The number of hydrogen-bond donors (Lipinski definition) is 0. The molecule has 2 aromatic heterocycles. The number of carbonyl (C=O) groups excluding carboxylic acids is 1. The van der Waals surface area contributed by atoms with Crippen LogP contribution in [0.25, 0.3) is 21.5 Å². The molecule has 0 spiro atoms. The van der Waals surface area contributed by atoms with Gasteiger partial charge in [-0.3, -0.25) is 9.59 Å². The van der Waals surface area contributed by atoms with Gasteiger partial charge in [-0.15, -0.1) is 11.3 Å². The summed E-state index contributed by atoms with van der Waals surface area (Å²) in [5.74, 6) is 0.593. The number of rotatable bonds is 6. The number of amides is 1. The number of fused-ring (bicyclic) bond motifs is 1. The van der Waals surface area contributed by atoms with E-state index in [0.717, 1.165) is 21.0 Å². The Hall–Kier alpha value is -2.74. The Morgan fingerprint density at radius 2 is 1.79 bits per heavy atom. The van der Waals surface area contributed by atoms with Gasteiger partial charge in [-0.05, 0) is 58.9 Å². The first-order valence-electron chi connectivity index (χ1n) is 9.56. The highest BCUT2D eigenvalue weighted by atomic mass is 32.1. The molecule has 0 N–H and O–H groups in total. The number of aromatic nitrogens is 3. The topological polar surface area (TPSA) is 77.3 Å². The molecule has 0 atom stereocenters. The second-order valence-corrected chi connectivity index (χ2v) is 8.64. The summed E-state index contributed by atoms with van der Waals surface area (Å²) < 4.78 is 7.19. The number of hydrogen-bond acceptors (Lipinski definition) is 6. The second-order valence-electron chi connectivity index (χ2n) is 7.44. The maximum absolute atomic E-state index is 13.0. The zero-order valence-corrected chi connectivity index (χ0v) is 18.4. The van der Waals surface area contributed by atoms with E-state index >= 15 is 0 Å². The van der Waals surface area contributed by atoms with Crippen LogP contribution in [0.1, 0.15) is 32.7 Å². The Morgan fingerprint density at radius 3 is 2.34 bits per heavy atom. The third-order valence-electron chi connectivity index (χ3n) is 4.66. The molecule has 0 aliphatic rings. The summed E-state index contributed by atoms with van der Waals surface area (Å²) >= 11 is 1.43. The van der Waals surface area contributed by atoms with Crippen molar-refractivity contribution in [2.75, 3.05) is 7.11 Å². The molecule has 29 heavy (non-hydrogen) atoms. The number of carbonyl (C=O) groups is 1. The summed E-state index contributed by atoms with van der Waals surface area (Å²) in [5, 5.41) is 5.35. The van der Waals surface area contributed by atoms with Gasteiger partial charge in [0.1, 0.15) is 18.0 Å². The van der Waals surface area contributed by atoms with Crippen molar-refractivity contribution < 1.29 is 9.53 Å². The highest BCUT2D eigenvalue weighted by Gasteiger charge is 2.23. The molecular weight excluding hydrogens is 388 g/mol. The molecule has 1 amide bonds. The molecule has 0 radical (unpaired) electrons. The van der Waals surface area contributed by atoms with Gasteiger partial charge in [0, 0.05) is 17.6 Å². The van der Waals surface area contributed by atoms with Gasteiger partial charge in [-0.2, -0.15) is 5.10 Å². The summed E-state index contributed by atoms with van der Waals surface area (Å²) in [6, 6.07) is 7.53. The Bertz CT molecular complexity index is 1080. The number of methoxy groups -OCH3 is 1. The van der Waals surface area contributed by atoms with Crippen LogP contribution in [0.5, 0.6) is 5.75 Å². The highest BCUT2D eigenvalue weighted by molar-refractivity contribution is 7.19. The second kappa shape index (κ2) is 8.32. The summed E-state index contributed by atoms with van der Waals surface area (Å²) in [7, 11) is 1.61. The lowest BCUT2D eigenvalue weighted by atomic mass is 10.1. The van der Waals surface area contributed by atoms with E-state index in [1.54, 1.807) is 12.0 Å². The summed E-state index contributed by atoms with van der Waals surface area (Å²) in [6.07, 6.45) is 0.